The van der Waals surface area contributed by atoms with Crippen LogP contribution in [0.2, 0.25) is 10.0 Å². The number of benzene rings is 1. The highest BCUT2D eigenvalue weighted by molar-refractivity contribution is 6.36. The van der Waals surface area contributed by atoms with Crippen LogP contribution in [0.5, 0.6) is 0 Å². The van der Waals surface area contributed by atoms with Crippen molar-refractivity contribution < 1.29 is 14.4 Å². The fraction of sp³-hybridized carbons (Fsp3) is 0.389. The van der Waals surface area contributed by atoms with Gasteiger partial charge < -0.3 is 0 Å². The third-order valence-corrected chi connectivity index (χ3v) is 6.60. The number of rotatable bonds is 2. The molecule has 1 heterocycles. The summed E-state index contributed by atoms with van der Waals surface area (Å²) < 4.78 is 0. The number of hydrogen-bond donors (Lipinski definition) is 1. The lowest BCUT2D eigenvalue weighted by Crippen LogP contribution is -2.47. The molecule has 1 aromatic rings. The molecular formula is C18H14Cl2N2O3. The summed E-state index contributed by atoms with van der Waals surface area (Å²) in [6.07, 6.45) is 5.28. The molecule has 2 saturated carbocycles. The molecule has 1 N–H and O–H groups in total. The van der Waals surface area contributed by atoms with E-state index in [4.69, 9.17) is 23.2 Å². The monoisotopic (exact) mass is 376 g/mol. The smallest absolute Gasteiger partial charge is 0.271 e. The highest BCUT2D eigenvalue weighted by Crippen LogP contribution is 2.65. The van der Waals surface area contributed by atoms with Gasteiger partial charge in [-0.2, -0.15) is 5.01 Å². The van der Waals surface area contributed by atoms with Crippen LogP contribution in [0.15, 0.2) is 30.4 Å². The number of nitrogens with zero attached hydrogens (tertiary/aromatic N) is 1. The Bertz CT molecular complexity index is 832. The molecule has 3 amide bonds. The van der Waals surface area contributed by atoms with Crippen molar-refractivity contribution in [1.29, 1.82) is 0 Å². The van der Waals surface area contributed by atoms with E-state index in [0.717, 1.165) is 11.4 Å². The number of imide groups is 1. The van der Waals surface area contributed by atoms with Gasteiger partial charge in [0.1, 0.15) is 0 Å². The summed E-state index contributed by atoms with van der Waals surface area (Å²) in [6.45, 7) is 0. The van der Waals surface area contributed by atoms with E-state index in [0.29, 0.717) is 16.9 Å². The number of nitrogens with one attached hydrogen (secondary N) is 1. The van der Waals surface area contributed by atoms with E-state index in [1.165, 1.54) is 18.2 Å². The number of allylic oxidation sites excluding steroid dienone is 2. The summed E-state index contributed by atoms with van der Waals surface area (Å²) in [6, 6.07) is 4.45. The van der Waals surface area contributed by atoms with Crippen LogP contribution < -0.4 is 5.43 Å². The molecule has 7 heteroatoms. The normalized spacial score (nSPS) is 37.1. The maximum Gasteiger partial charge on any atom is 0.271 e. The summed E-state index contributed by atoms with van der Waals surface area (Å²) in [4.78, 5) is 38.1. The average molecular weight is 377 g/mol. The molecule has 0 unspecified atom stereocenters. The fourth-order valence-electron chi connectivity index (χ4n) is 4.90. The summed E-state index contributed by atoms with van der Waals surface area (Å²) in [5, 5.41) is 1.48. The lowest BCUT2D eigenvalue weighted by molar-refractivity contribution is -0.143. The van der Waals surface area contributed by atoms with Crippen LogP contribution in [0.25, 0.3) is 0 Å². The highest BCUT2D eigenvalue weighted by Gasteiger charge is 2.67. The van der Waals surface area contributed by atoms with Crippen molar-refractivity contribution in [3.8, 4) is 0 Å². The molecule has 5 nitrogen and oxygen atoms in total. The van der Waals surface area contributed by atoms with Crippen LogP contribution in [-0.4, -0.2) is 22.7 Å². The third-order valence-electron chi connectivity index (χ3n) is 6.05. The molecular weight excluding hydrogens is 363 g/mol. The molecule has 4 aliphatic carbocycles. The number of carbonyl (C=O) groups excluding carboxylic acids is 3. The first kappa shape index (κ1) is 15.4. The molecule has 0 aromatic heterocycles. The maximum atomic E-state index is 12.8. The Labute approximate surface area is 153 Å². The van der Waals surface area contributed by atoms with Gasteiger partial charge in [-0.3, -0.25) is 19.8 Å². The third kappa shape index (κ3) is 2.06. The van der Waals surface area contributed by atoms with Crippen LogP contribution in [0.4, 0.5) is 0 Å². The van der Waals surface area contributed by atoms with E-state index >= 15 is 0 Å². The Morgan fingerprint density at radius 1 is 1.04 bits per heavy atom. The van der Waals surface area contributed by atoms with Gasteiger partial charge in [-0.1, -0.05) is 35.4 Å². The summed E-state index contributed by atoms with van der Waals surface area (Å²) in [7, 11) is 0. The molecule has 25 heavy (non-hydrogen) atoms. The molecule has 0 radical (unpaired) electrons. The Balaban J connectivity index is 1.42. The predicted octanol–water partition coefficient (Wildman–Crippen LogP) is 2.69. The van der Waals surface area contributed by atoms with Gasteiger partial charge in [-0.05, 0) is 48.3 Å². The van der Waals surface area contributed by atoms with Crippen LogP contribution in [-0.2, 0) is 9.59 Å². The van der Waals surface area contributed by atoms with Crippen molar-refractivity contribution in [2.75, 3.05) is 0 Å². The first-order valence-electron chi connectivity index (χ1n) is 8.29. The molecule has 6 rings (SSSR count). The van der Waals surface area contributed by atoms with Gasteiger partial charge in [0.2, 0.25) is 0 Å². The molecule has 1 aliphatic heterocycles. The van der Waals surface area contributed by atoms with E-state index in [1.54, 1.807) is 0 Å². The number of halogens is 2. The zero-order valence-electron chi connectivity index (χ0n) is 13.0. The van der Waals surface area contributed by atoms with E-state index < -0.39 is 5.91 Å². The number of hydrazine groups is 1. The fourth-order valence-corrected chi connectivity index (χ4v) is 5.40. The highest BCUT2D eigenvalue weighted by atomic mass is 35.5. The molecule has 0 spiro atoms. The summed E-state index contributed by atoms with van der Waals surface area (Å²) in [5.41, 5.74) is 2.62. The maximum absolute atomic E-state index is 12.8. The second kappa shape index (κ2) is 5.08. The zero-order chi connectivity index (χ0) is 17.5. The Morgan fingerprint density at radius 2 is 1.64 bits per heavy atom. The van der Waals surface area contributed by atoms with Gasteiger partial charge in [-0.25, -0.2) is 0 Å². The largest absolute Gasteiger partial charge is 0.272 e. The second-order valence-electron chi connectivity index (χ2n) is 7.23. The molecule has 1 aromatic carbocycles. The van der Waals surface area contributed by atoms with Crippen molar-refractivity contribution in [2.45, 2.75) is 6.42 Å². The van der Waals surface area contributed by atoms with Crippen LogP contribution >= 0.6 is 23.2 Å². The second-order valence-corrected chi connectivity index (χ2v) is 8.08. The topological polar surface area (TPSA) is 66.5 Å². The summed E-state index contributed by atoms with van der Waals surface area (Å²) >= 11 is 11.9. The van der Waals surface area contributed by atoms with Gasteiger partial charge in [0, 0.05) is 5.02 Å². The van der Waals surface area contributed by atoms with Crippen molar-refractivity contribution in [3.05, 3.63) is 46.0 Å². The van der Waals surface area contributed by atoms with Gasteiger partial charge in [0.15, 0.2) is 0 Å². The van der Waals surface area contributed by atoms with Crippen molar-refractivity contribution in [2.24, 2.45) is 35.5 Å². The SMILES string of the molecule is O=C(NN1C(=O)[C@@H]2[C@@H]3C=C[C@H]([C@H]4C[C@H]34)[C@@H]2C1=O)c1ccc(Cl)cc1Cl. The van der Waals surface area contributed by atoms with E-state index in [2.05, 4.69) is 17.6 Å². The van der Waals surface area contributed by atoms with Crippen LogP contribution in [0, 0.1) is 35.5 Å². The zero-order valence-corrected chi connectivity index (χ0v) is 14.5. The van der Waals surface area contributed by atoms with E-state index in [9.17, 15) is 14.4 Å². The van der Waals surface area contributed by atoms with Crippen molar-refractivity contribution in [1.82, 2.24) is 10.4 Å². The van der Waals surface area contributed by atoms with Gasteiger partial charge in [-0.15, -0.1) is 0 Å². The minimum atomic E-state index is -0.590. The van der Waals surface area contributed by atoms with E-state index in [1.807, 2.05) is 0 Å². The minimum absolute atomic E-state index is 0.123. The van der Waals surface area contributed by atoms with E-state index in [-0.39, 0.29) is 46.1 Å². The lowest BCUT2D eigenvalue weighted by atomic mass is 9.63. The number of carbonyl (C=O) groups is 3. The van der Waals surface area contributed by atoms with Crippen LogP contribution in [0.3, 0.4) is 0 Å². The molecule has 3 fully saturated rings. The Kier molecular flexibility index (Phi) is 3.13. The molecule has 5 aliphatic rings. The molecule has 6 atom stereocenters. The minimum Gasteiger partial charge on any atom is -0.272 e. The quantitative estimate of drug-likeness (QED) is 0.637. The average Bonchev–Trinajstić information content (AvgIpc) is 3.36. The van der Waals surface area contributed by atoms with Crippen molar-refractivity contribution >= 4 is 40.9 Å². The first-order chi connectivity index (χ1) is 12.0. The van der Waals surface area contributed by atoms with Gasteiger partial charge in [0.05, 0.1) is 22.4 Å². The van der Waals surface area contributed by atoms with Crippen molar-refractivity contribution in [3.63, 3.8) is 0 Å². The Hall–Kier alpha value is -1.85. The molecule has 1 saturated heterocycles. The van der Waals surface area contributed by atoms with Crippen LogP contribution in [0.1, 0.15) is 16.8 Å². The Morgan fingerprint density at radius 3 is 2.20 bits per heavy atom. The standard InChI is InChI=1S/C18H14Cl2N2O3/c19-7-1-2-10(13(20)5-7)16(23)21-22-17(24)14-8-3-4-9(12-6-11(8)12)15(14)18(22)25/h1-5,8-9,11-12,14-15H,6H2,(H,21,23)/t8-,9-,11-,12-,14-,15+/m1/s1. The molecule has 128 valence electrons. The molecule has 2 bridgehead atoms. The van der Waals surface area contributed by atoms with Gasteiger partial charge >= 0.3 is 0 Å². The lowest BCUT2D eigenvalue weighted by Gasteiger charge is -2.37. The van der Waals surface area contributed by atoms with Gasteiger partial charge in [0.25, 0.3) is 17.7 Å². The first-order valence-corrected chi connectivity index (χ1v) is 9.05. The number of amides is 3. The summed E-state index contributed by atoms with van der Waals surface area (Å²) in [5.74, 6) is -0.595. The number of hydrogen-bond acceptors (Lipinski definition) is 3. The predicted molar refractivity (Wildman–Crippen MR) is 90.5 cm³/mol.